The molecule has 1 fully saturated rings. The summed E-state index contributed by atoms with van der Waals surface area (Å²) in [5.41, 5.74) is 11.5. The number of primary amides is 1. The molecule has 3 rings (SSSR count). The van der Waals surface area contributed by atoms with Crippen LogP contribution in [-0.4, -0.2) is 165 Å². The summed E-state index contributed by atoms with van der Waals surface area (Å²) in [5.74, 6) is -11.6. The van der Waals surface area contributed by atoms with Gasteiger partial charge in [-0.3, -0.25) is 58.1 Å². The number of carbonyl (C=O) groups excluding carboxylic acids is 9. The number of rotatable bonds is 31. The van der Waals surface area contributed by atoms with Crippen molar-refractivity contribution in [3.8, 4) is 5.75 Å². The van der Waals surface area contributed by atoms with Crippen LogP contribution in [0.3, 0.4) is 0 Å². The molecule has 2 aromatic carbocycles. The lowest BCUT2D eigenvalue weighted by Gasteiger charge is -2.30. The summed E-state index contributed by atoms with van der Waals surface area (Å²) in [6.45, 7) is -0.368. The second-order valence-corrected chi connectivity index (χ2v) is 17.8. The van der Waals surface area contributed by atoms with Gasteiger partial charge in [-0.25, -0.2) is 0 Å². The Kier molecular flexibility index (Phi) is 25.5. The molecular formula is C46H64N12O14S2. The number of benzene rings is 2. The van der Waals surface area contributed by atoms with Crippen LogP contribution in [-0.2, 0) is 65.6 Å². The van der Waals surface area contributed by atoms with E-state index in [0.29, 0.717) is 17.5 Å². The van der Waals surface area contributed by atoms with Gasteiger partial charge in [-0.1, -0.05) is 42.5 Å². The number of nitrogens with one attached hydrogen (secondary N) is 9. The number of aliphatic carboxylic acids is 2. The molecule has 28 heteroatoms. The Bertz CT molecular complexity index is 2330. The first-order chi connectivity index (χ1) is 35.1. The van der Waals surface area contributed by atoms with E-state index in [2.05, 4.69) is 67.8 Å². The summed E-state index contributed by atoms with van der Waals surface area (Å²) >= 11 is 8.28. The number of phenolic OH excluding ortho intramolecular Hbond substituents is 1. The van der Waals surface area contributed by atoms with Gasteiger partial charge in [0.05, 0.1) is 13.0 Å². The van der Waals surface area contributed by atoms with Crippen LogP contribution in [0.1, 0.15) is 62.5 Å². The predicted molar refractivity (Wildman–Crippen MR) is 271 cm³/mol. The van der Waals surface area contributed by atoms with E-state index in [1.165, 1.54) is 24.3 Å². The third-order valence-electron chi connectivity index (χ3n) is 11.3. The number of hydrogen-bond donors (Lipinski definition) is 16. The van der Waals surface area contributed by atoms with E-state index < -0.39 is 139 Å². The maximum Gasteiger partial charge on any atom is 0.305 e. The van der Waals surface area contributed by atoms with Crippen LogP contribution in [0.5, 0.6) is 5.75 Å². The molecular weight excluding hydrogens is 1010 g/mol. The summed E-state index contributed by atoms with van der Waals surface area (Å²) in [6.07, 6.45) is -2.04. The molecule has 1 heterocycles. The lowest BCUT2D eigenvalue weighted by molar-refractivity contribution is -0.143. The zero-order valence-electron chi connectivity index (χ0n) is 40.2. The van der Waals surface area contributed by atoms with Crippen LogP contribution in [0.15, 0.2) is 54.6 Å². The van der Waals surface area contributed by atoms with Gasteiger partial charge in [0.2, 0.25) is 53.2 Å². The van der Waals surface area contributed by atoms with Crippen molar-refractivity contribution in [2.75, 3.05) is 31.1 Å². The molecule has 16 N–H and O–H groups in total. The van der Waals surface area contributed by atoms with Crippen molar-refractivity contribution in [2.45, 2.75) is 107 Å². The van der Waals surface area contributed by atoms with E-state index in [9.17, 15) is 68.1 Å². The molecule has 1 saturated heterocycles. The summed E-state index contributed by atoms with van der Waals surface area (Å²) < 4.78 is 0. The molecule has 0 radical (unpaired) electrons. The quantitative estimate of drug-likeness (QED) is 0.0151. The first-order valence-electron chi connectivity index (χ1n) is 23.3. The average Bonchev–Trinajstić information content (AvgIpc) is 3.85. The molecule has 26 nitrogen and oxygen atoms in total. The highest BCUT2D eigenvalue weighted by atomic mass is 32.1. The first kappa shape index (κ1) is 60.7. The minimum Gasteiger partial charge on any atom is -0.508 e. The number of nitrogens with two attached hydrogens (primary N) is 2. The molecule has 0 aromatic heterocycles. The smallest absolute Gasteiger partial charge is 0.305 e. The lowest BCUT2D eigenvalue weighted by Crippen LogP contribution is -2.60. The van der Waals surface area contributed by atoms with Crippen molar-refractivity contribution in [2.24, 2.45) is 11.5 Å². The summed E-state index contributed by atoms with van der Waals surface area (Å²) in [7, 11) is 0. The third kappa shape index (κ3) is 21.2. The van der Waals surface area contributed by atoms with Crippen molar-refractivity contribution >= 4 is 96.3 Å². The Morgan fingerprint density at radius 1 is 0.649 bits per heavy atom. The molecule has 6 unspecified atom stereocenters. The molecule has 2 aromatic rings. The van der Waals surface area contributed by atoms with Gasteiger partial charge in [0.15, 0.2) is 5.96 Å². The molecule has 404 valence electrons. The highest BCUT2D eigenvalue weighted by molar-refractivity contribution is 7.80. The van der Waals surface area contributed by atoms with E-state index in [1.54, 1.807) is 30.3 Å². The van der Waals surface area contributed by atoms with Crippen molar-refractivity contribution in [3.05, 3.63) is 65.7 Å². The monoisotopic (exact) mass is 1070 g/mol. The Labute approximate surface area is 436 Å². The van der Waals surface area contributed by atoms with Gasteiger partial charge < -0.3 is 74.2 Å². The van der Waals surface area contributed by atoms with Crippen molar-refractivity contribution in [1.29, 1.82) is 5.41 Å². The largest absolute Gasteiger partial charge is 0.508 e. The number of likely N-dealkylation sites (tertiary alicyclic amines) is 1. The molecule has 0 spiro atoms. The minimum absolute atomic E-state index is 0.00781. The number of carbonyl (C=O) groups is 11. The second-order valence-electron chi connectivity index (χ2n) is 17.0. The van der Waals surface area contributed by atoms with Gasteiger partial charge in [0.25, 0.3) is 0 Å². The number of guanidine groups is 1. The van der Waals surface area contributed by atoms with Gasteiger partial charge in [-0.2, -0.15) is 25.3 Å². The Hall–Kier alpha value is -7.62. The van der Waals surface area contributed by atoms with Crippen LogP contribution in [0.4, 0.5) is 0 Å². The highest BCUT2D eigenvalue weighted by Crippen LogP contribution is 2.20. The van der Waals surface area contributed by atoms with E-state index in [4.69, 9.17) is 16.9 Å². The lowest BCUT2D eigenvalue weighted by atomic mass is 10.0. The zero-order chi connectivity index (χ0) is 54.9. The van der Waals surface area contributed by atoms with E-state index in [1.807, 2.05) is 0 Å². The van der Waals surface area contributed by atoms with Crippen molar-refractivity contribution in [1.82, 2.24) is 47.4 Å². The SMILES string of the molecule is N=C(N)NCCCC(NC(=O)[C@@H]1CCCN1C(=O)C(CS)NC(=O)C(CC(=O)O)NC(=O)C(CCC(=O)O)NC(=O)C(Cc1ccccc1)NC(=O)C(Cc1ccc(O)cc1)NC(=O)CCS)C(=O)NCC(N)=O. The number of carboxylic acid groups (broad SMARTS) is 2. The maximum absolute atomic E-state index is 14.2. The van der Waals surface area contributed by atoms with Gasteiger partial charge >= 0.3 is 11.9 Å². The van der Waals surface area contributed by atoms with Crippen LogP contribution in [0, 0.1) is 5.41 Å². The van der Waals surface area contributed by atoms with Crippen LogP contribution < -0.4 is 54.0 Å². The molecule has 9 amide bonds. The summed E-state index contributed by atoms with van der Waals surface area (Å²) in [6, 6.07) is 3.76. The fourth-order valence-corrected chi connectivity index (χ4v) is 8.02. The Morgan fingerprint density at radius 3 is 1.78 bits per heavy atom. The number of amides is 9. The number of aromatic hydroxyl groups is 1. The highest BCUT2D eigenvalue weighted by Gasteiger charge is 2.40. The first-order valence-corrected chi connectivity index (χ1v) is 24.6. The van der Waals surface area contributed by atoms with Crippen LogP contribution in [0.25, 0.3) is 0 Å². The second kappa shape index (κ2) is 31.1. The maximum atomic E-state index is 14.2. The van der Waals surface area contributed by atoms with E-state index in [-0.39, 0.29) is 69.1 Å². The number of thiol groups is 2. The van der Waals surface area contributed by atoms with Gasteiger partial charge in [-0.05, 0) is 61.1 Å². The topological polar surface area (TPSA) is 424 Å². The molecule has 0 saturated carbocycles. The zero-order valence-corrected chi connectivity index (χ0v) is 42.0. The number of phenols is 1. The van der Waals surface area contributed by atoms with Gasteiger partial charge in [0, 0.05) is 44.5 Å². The third-order valence-corrected chi connectivity index (χ3v) is 11.9. The van der Waals surface area contributed by atoms with Gasteiger partial charge in [-0.15, -0.1) is 0 Å². The normalized spacial score (nSPS) is 15.3. The van der Waals surface area contributed by atoms with Crippen LogP contribution >= 0.6 is 25.3 Å². The molecule has 7 atom stereocenters. The fourth-order valence-electron chi connectivity index (χ4n) is 7.57. The summed E-state index contributed by atoms with van der Waals surface area (Å²) in [5, 5.41) is 56.2. The van der Waals surface area contributed by atoms with E-state index >= 15 is 0 Å². The fraction of sp³-hybridized carbons (Fsp3) is 0.478. The number of hydrogen-bond acceptors (Lipinski definition) is 15. The Balaban J connectivity index is 1.85. The Morgan fingerprint density at radius 2 is 1.20 bits per heavy atom. The predicted octanol–water partition coefficient (Wildman–Crippen LogP) is -3.47. The van der Waals surface area contributed by atoms with Crippen molar-refractivity contribution < 1.29 is 68.1 Å². The molecule has 0 bridgehead atoms. The number of carboxylic acids is 2. The molecule has 1 aliphatic heterocycles. The van der Waals surface area contributed by atoms with Crippen molar-refractivity contribution in [3.63, 3.8) is 0 Å². The average molecular weight is 1070 g/mol. The molecule has 0 aliphatic carbocycles. The minimum atomic E-state index is -1.95. The number of nitrogens with zero attached hydrogens (tertiary/aromatic N) is 1. The molecule has 74 heavy (non-hydrogen) atoms. The van der Waals surface area contributed by atoms with Gasteiger partial charge in [0.1, 0.15) is 48.0 Å². The standard InChI is InChI=1S/C46H64N12O14S2/c47-35(60)23-51-39(66)28(8-4-17-50-46(48)49)54-44(71)34-9-5-18-58(34)45(72)33(24-74)57-43(70)32(22-38(64)65)56-40(67)29(14-15-37(62)63)53-42(69)31(20-25-6-2-1-3-7-25)55-41(68)30(52-36(61)16-19-73)21-26-10-12-27(59)13-11-26/h1-3,6-7,10-13,28-34,59,73-74H,4-5,8-9,14-24H2,(H2,47,60)(H,51,66)(H,52,61)(H,53,69)(H,54,71)(H,55,68)(H,56,67)(H,57,70)(H,62,63)(H,64,65)(H4,48,49,50)/t28?,29?,30?,31?,32?,33?,34-/m0/s1. The van der Waals surface area contributed by atoms with Crippen LogP contribution in [0.2, 0.25) is 0 Å². The molecule has 1 aliphatic rings. The summed E-state index contributed by atoms with van der Waals surface area (Å²) in [4.78, 5) is 146. The van der Waals surface area contributed by atoms with E-state index in [0.717, 1.165) is 4.90 Å².